The number of hydrogen-bond donors (Lipinski definition) is 0. The predicted octanol–water partition coefficient (Wildman–Crippen LogP) is 9.00. The van der Waals surface area contributed by atoms with Gasteiger partial charge in [0.05, 0.1) is 11.8 Å². The first-order valence-corrected chi connectivity index (χ1v) is 13.2. The van der Waals surface area contributed by atoms with Crippen LogP contribution in [0.25, 0.3) is 21.5 Å². The molecule has 0 heterocycles. The van der Waals surface area contributed by atoms with E-state index in [4.69, 9.17) is 21.1 Å². The monoisotopic (exact) mass is 568 g/mol. The molecule has 0 saturated carbocycles. The molecule has 4 nitrogen and oxygen atoms in total. The fourth-order valence-electron chi connectivity index (χ4n) is 3.28. The summed E-state index contributed by atoms with van der Waals surface area (Å²) in [5.41, 5.74) is 0. The van der Waals surface area contributed by atoms with Gasteiger partial charge in [-0.2, -0.15) is 0 Å². The Hall–Kier alpha value is -2.89. The number of carbonyl (C=O) groups is 2. The van der Waals surface area contributed by atoms with Gasteiger partial charge in [-0.25, -0.2) is 0 Å². The highest BCUT2D eigenvalue weighted by molar-refractivity contribution is 9.10. The Labute approximate surface area is 225 Å². The maximum absolute atomic E-state index is 11.7. The van der Waals surface area contributed by atoms with Crippen LogP contribution in [-0.4, -0.2) is 11.9 Å². The molecule has 36 heavy (non-hydrogen) atoms. The second-order valence-corrected chi connectivity index (χ2v) is 10.1. The third kappa shape index (κ3) is 7.55. The zero-order valence-corrected chi connectivity index (χ0v) is 23.2. The van der Waals surface area contributed by atoms with E-state index in [9.17, 15) is 9.59 Å². The smallest absolute Gasteiger partial charge is 0.314 e. The maximum atomic E-state index is 11.7. The number of esters is 2. The Bertz CT molecular complexity index is 1260. The first-order chi connectivity index (χ1) is 17.2. The molecule has 6 heteroatoms. The van der Waals surface area contributed by atoms with Crippen LogP contribution in [0.4, 0.5) is 0 Å². The molecule has 0 radical (unpaired) electrons. The van der Waals surface area contributed by atoms with Crippen LogP contribution in [0.1, 0.15) is 40.5 Å². The topological polar surface area (TPSA) is 52.6 Å². The summed E-state index contributed by atoms with van der Waals surface area (Å²) in [6.45, 7) is 7.68. The molecule has 0 aliphatic carbocycles. The summed E-state index contributed by atoms with van der Waals surface area (Å²) in [6, 6.07) is 22.9. The van der Waals surface area contributed by atoms with Crippen LogP contribution in [0.3, 0.4) is 0 Å². The van der Waals surface area contributed by atoms with Crippen molar-refractivity contribution in [3.63, 3.8) is 0 Å². The number of hydrogen-bond acceptors (Lipinski definition) is 4. The maximum Gasteiger partial charge on any atom is 0.314 e. The van der Waals surface area contributed by atoms with Gasteiger partial charge in [0.15, 0.2) is 0 Å². The average molecular weight is 570 g/mol. The van der Waals surface area contributed by atoms with Crippen LogP contribution >= 0.6 is 27.5 Å². The zero-order valence-electron chi connectivity index (χ0n) is 20.9. The van der Waals surface area contributed by atoms with E-state index in [-0.39, 0.29) is 23.8 Å². The van der Waals surface area contributed by atoms with E-state index in [0.29, 0.717) is 16.5 Å². The van der Waals surface area contributed by atoms with E-state index >= 15 is 0 Å². The van der Waals surface area contributed by atoms with Gasteiger partial charge in [0.2, 0.25) is 0 Å². The van der Waals surface area contributed by atoms with Crippen molar-refractivity contribution in [2.45, 2.75) is 40.5 Å². The molecule has 0 saturated heterocycles. The van der Waals surface area contributed by atoms with Gasteiger partial charge < -0.3 is 9.47 Å². The number of rotatable bonds is 6. The van der Waals surface area contributed by atoms with Gasteiger partial charge in [-0.3, -0.25) is 9.59 Å². The van der Waals surface area contributed by atoms with Gasteiger partial charge in [-0.1, -0.05) is 79.5 Å². The van der Waals surface area contributed by atoms with E-state index in [1.807, 2.05) is 94.4 Å². The standard InChI is InChI=1S/C15H15BrO2.C15H15ClO2/c2*1-3-10(2)15(17)18-14-7-5-11-8-13(16)6-4-12(11)9-14/h2*4-10H,3H2,1-2H3. The molecule has 0 amide bonds. The molecule has 0 fully saturated rings. The molecule has 4 aromatic rings. The second-order valence-electron chi connectivity index (χ2n) is 8.77. The summed E-state index contributed by atoms with van der Waals surface area (Å²) in [5, 5.41) is 4.92. The van der Waals surface area contributed by atoms with Crippen molar-refractivity contribution in [3.05, 3.63) is 82.3 Å². The number of benzene rings is 4. The quantitative estimate of drug-likeness (QED) is 0.172. The van der Waals surface area contributed by atoms with Crippen molar-refractivity contribution in [3.8, 4) is 11.5 Å². The lowest BCUT2D eigenvalue weighted by atomic mass is 10.1. The minimum atomic E-state index is -0.189. The molecule has 4 aromatic carbocycles. The lowest BCUT2D eigenvalue weighted by Gasteiger charge is -2.09. The third-order valence-corrected chi connectivity index (χ3v) is 6.74. The van der Waals surface area contributed by atoms with E-state index in [0.717, 1.165) is 38.9 Å². The summed E-state index contributed by atoms with van der Waals surface area (Å²) in [5.74, 6) is 0.682. The Morgan fingerprint density at radius 2 is 1.11 bits per heavy atom. The van der Waals surface area contributed by atoms with Crippen LogP contribution in [0.5, 0.6) is 11.5 Å². The minimum absolute atomic E-state index is 0.0642. The Kier molecular flexibility index (Phi) is 9.91. The molecule has 0 aliphatic heterocycles. The Morgan fingerprint density at radius 3 is 1.61 bits per heavy atom. The summed E-state index contributed by atoms with van der Waals surface area (Å²) < 4.78 is 11.7. The number of carbonyl (C=O) groups excluding carboxylic acids is 2. The van der Waals surface area contributed by atoms with Crippen molar-refractivity contribution in [1.82, 2.24) is 0 Å². The van der Waals surface area contributed by atoms with Crippen molar-refractivity contribution in [2.24, 2.45) is 11.8 Å². The molecule has 0 aromatic heterocycles. The minimum Gasteiger partial charge on any atom is -0.426 e. The molecule has 0 spiro atoms. The largest absolute Gasteiger partial charge is 0.426 e. The highest BCUT2D eigenvalue weighted by Gasteiger charge is 2.14. The van der Waals surface area contributed by atoms with Gasteiger partial charge in [-0.15, -0.1) is 0 Å². The first kappa shape index (κ1) is 27.7. The van der Waals surface area contributed by atoms with E-state index in [1.165, 1.54) is 0 Å². The van der Waals surface area contributed by atoms with Gasteiger partial charge in [0.25, 0.3) is 0 Å². The van der Waals surface area contributed by atoms with E-state index < -0.39 is 0 Å². The van der Waals surface area contributed by atoms with Crippen LogP contribution in [0.15, 0.2) is 77.3 Å². The molecule has 0 N–H and O–H groups in total. The van der Waals surface area contributed by atoms with Crippen LogP contribution < -0.4 is 9.47 Å². The number of fused-ring (bicyclic) bond motifs is 2. The van der Waals surface area contributed by atoms with Crippen molar-refractivity contribution in [2.75, 3.05) is 0 Å². The van der Waals surface area contributed by atoms with Gasteiger partial charge in [0.1, 0.15) is 11.5 Å². The van der Waals surface area contributed by atoms with Gasteiger partial charge in [-0.05, 0) is 82.9 Å². The molecular weight excluding hydrogens is 540 g/mol. The normalized spacial score (nSPS) is 12.4. The molecular formula is C30H30BrClO4. The van der Waals surface area contributed by atoms with E-state index in [1.54, 1.807) is 6.07 Å². The van der Waals surface area contributed by atoms with E-state index in [2.05, 4.69) is 15.9 Å². The van der Waals surface area contributed by atoms with Crippen LogP contribution in [0, 0.1) is 11.8 Å². The van der Waals surface area contributed by atoms with Crippen LogP contribution in [0.2, 0.25) is 5.02 Å². The number of ether oxygens (including phenoxy) is 2. The van der Waals surface area contributed by atoms with Crippen molar-refractivity contribution in [1.29, 1.82) is 0 Å². The first-order valence-electron chi connectivity index (χ1n) is 12.0. The fourth-order valence-corrected chi connectivity index (χ4v) is 3.84. The third-order valence-electron chi connectivity index (χ3n) is 6.01. The van der Waals surface area contributed by atoms with Crippen molar-refractivity contribution >= 4 is 61.0 Å². The molecule has 0 aliphatic rings. The fraction of sp³-hybridized carbons (Fsp3) is 0.267. The lowest BCUT2D eigenvalue weighted by molar-refractivity contribution is -0.139. The van der Waals surface area contributed by atoms with Crippen molar-refractivity contribution < 1.29 is 19.1 Å². The predicted molar refractivity (Wildman–Crippen MR) is 151 cm³/mol. The van der Waals surface area contributed by atoms with Gasteiger partial charge >= 0.3 is 11.9 Å². The zero-order chi connectivity index (χ0) is 26.2. The SMILES string of the molecule is CCC(C)C(=O)Oc1ccc2cc(Br)ccc2c1.CCC(C)C(=O)Oc1ccc2cc(Cl)ccc2c1. The molecule has 2 atom stereocenters. The Balaban J connectivity index is 0.000000201. The summed E-state index contributed by atoms with van der Waals surface area (Å²) in [4.78, 5) is 23.4. The highest BCUT2D eigenvalue weighted by Crippen LogP contribution is 2.26. The van der Waals surface area contributed by atoms with Crippen LogP contribution in [-0.2, 0) is 9.59 Å². The summed E-state index contributed by atoms with van der Waals surface area (Å²) in [7, 11) is 0. The Morgan fingerprint density at radius 1 is 0.694 bits per heavy atom. The highest BCUT2D eigenvalue weighted by atomic mass is 79.9. The molecule has 188 valence electrons. The summed E-state index contributed by atoms with van der Waals surface area (Å²) >= 11 is 9.35. The molecule has 0 bridgehead atoms. The lowest BCUT2D eigenvalue weighted by Crippen LogP contribution is -2.16. The second kappa shape index (κ2) is 12.9. The number of halogens is 2. The summed E-state index contributed by atoms with van der Waals surface area (Å²) in [6.07, 6.45) is 1.57. The molecule has 4 rings (SSSR count). The molecule has 2 unspecified atom stereocenters. The van der Waals surface area contributed by atoms with Gasteiger partial charge in [0, 0.05) is 9.50 Å². The average Bonchev–Trinajstić information content (AvgIpc) is 2.88.